The van der Waals surface area contributed by atoms with E-state index in [1.165, 1.54) is 0 Å². The third-order valence-electron chi connectivity index (χ3n) is 4.43. The molecule has 0 aliphatic carbocycles. The number of nitrogens with zero attached hydrogens (tertiary/aromatic N) is 1. The third kappa shape index (κ3) is 2.38. The first kappa shape index (κ1) is 17.4. The molecule has 0 aliphatic rings. The predicted molar refractivity (Wildman–Crippen MR) is 85.8 cm³/mol. The first-order chi connectivity index (χ1) is 11.3. The summed E-state index contributed by atoms with van der Waals surface area (Å²) >= 11 is 0. The second-order valence-electron chi connectivity index (χ2n) is 5.44. The van der Waals surface area contributed by atoms with Crippen molar-refractivity contribution in [2.45, 2.75) is 32.2 Å². The van der Waals surface area contributed by atoms with Crippen molar-refractivity contribution in [3.63, 3.8) is 0 Å². The van der Waals surface area contributed by atoms with Gasteiger partial charge in [-0.3, -0.25) is 0 Å². The van der Waals surface area contributed by atoms with Gasteiger partial charge in [0.25, 0.3) is 0 Å². The topological polar surface area (TPSA) is 120 Å². The van der Waals surface area contributed by atoms with Crippen LogP contribution >= 0.6 is 0 Å². The zero-order chi connectivity index (χ0) is 18.1. The molecule has 1 aromatic heterocycles. The molecule has 7 heteroatoms. The standard InChI is InChI=1S/C17H19NO6/c1-3-17(4-2,10-8-6-5-7-9-10)18-11(15(21)22)13(19)14(20)12(18)16(23)24/h5-9,19-20H,3-4H2,1-2H3,(H,21,22)(H,23,24). The van der Waals surface area contributed by atoms with Crippen molar-refractivity contribution in [3.8, 4) is 11.5 Å². The molecule has 0 radical (unpaired) electrons. The van der Waals surface area contributed by atoms with Crippen LogP contribution in [0.5, 0.6) is 11.5 Å². The minimum atomic E-state index is -1.52. The van der Waals surface area contributed by atoms with Gasteiger partial charge in [-0.1, -0.05) is 44.2 Å². The Bertz CT molecular complexity index is 737. The van der Waals surface area contributed by atoms with Gasteiger partial charge >= 0.3 is 11.9 Å². The fraction of sp³-hybridized carbons (Fsp3) is 0.294. The van der Waals surface area contributed by atoms with E-state index in [1.807, 2.05) is 0 Å². The Balaban J connectivity index is 2.97. The van der Waals surface area contributed by atoms with Crippen LogP contribution in [0, 0.1) is 0 Å². The number of hydrogen-bond acceptors (Lipinski definition) is 4. The van der Waals surface area contributed by atoms with E-state index in [0.29, 0.717) is 18.4 Å². The summed E-state index contributed by atoms with van der Waals surface area (Å²) < 4.78 is 1.03. The lowest BCUT2D eigenvalue weighted by atomic mass is 9.83. The molecule has 128 valence electrons. The number of aromatic nitrogens is 1. The van der Waals surface area contributed by atoms with E-state index in [2.05, 4.69) is 0 Å². The number of rotatable bonds is 6. The highest BCUT2D eigenvalue weighted by Crippen LogP contribution is 2.44. The molecule has 4 N–H and O–H groups in total. The second kappa shape index (κ2) is 6.27. The van der Waals surface area contributed by atoms with Crippen LogP contribution in [0.4, 0.5) is 0 Å². The summed E-state index contributed by atoms with van der Waals surface area (Å²) in [5, 5.41) is 39.0. The smallest absolute Gasteiger partial charge is 0.356 e. The maximum absolute atomic E-state index is 11.7. The van der Waals surface area contributed by atoms with Gasteiger partial charge in [-0.15, -0.1) is 0 Å². The van der Waals surface area contributed by atoms with Crippen LogP contribution in [-0.4, -0.2) is 36.9 Å². The monoisotopic (exact) mass is 333 g/mol. The molecule has 0 unspecified atom stereocenters. The Kier molecular flexibility index (Phi) is 4.54. The lowest BCUT2D eigenvalue weighted by Crippen LogP contribution is -2.38. The molecule has 0 spiro atoms. The molecule has 1 aromatic carbocycles. The number of benzene rings is 1. The maximum atomic E-state index is 11.7. The van der Waals surface area contributed by atoms with Gasteiger partial charge in [-0.05, 0) is 18.4 Å². The van der Waals surface area contributed by atoms with E-state index in [0.717, 1.165) is 4.57 Å². The molecule has 0 bridgehead atoms. The van der Waals surface area contributed by atoms with Gasteiger partial charge < -0.3 is 25.0 Å². The summed E-state index contributed by atoms with van der Waals surface area (Å²) in [5.41, 5.74) is -1.63. The van der Waals surface area contributed by atoms with Crippen molar-refractivity contribution in [2.75, 3.05) is 0 Å². The lowest BCUT2D eigenvalue weighted by Gasteiger charge is -2.36. The van der Waals surface area contributed by atoms with E-state index < -0.39 is 40.4 Å². The van der Waals surface area contributed by atoms with Crippen LogP contribution in [0.2, 0.25) is 0 Å². The molecule has 0 saturated heterocycles. The van der Waals surface area contributed by atoms with Gasteiger partial charge in [0.1, 0.15) is 0 Å². The van der Waals surface area contributed by atoms with Crippen molar-refractivity contribution in [1.29, 1.82) is 0 Å². The van der Waals surface area contributed by atoms with Gasteiger partial charge in [-0.25, -0.2) is 9.59 Å². The third-order valence-corrected chi connectivity index (χ3v) is 4.43. The van der Waals surface area contributed by atoms with Crippen LogP contribution in [0.3, 0.4) is 0 Å². The van der Waals surface area contributed by atoms with E-state index >= 15 is 0 Å². The molecule has 0 fully saturated rings. The number of carboxylic acids is 2. The Morgan fingerprint density at radius 3 is 1.67 bits per heavy atom. The number of aromatic hydroxyl groups is 2. The first-order valence-corrected chi connectivity index (χ1v) is 7.51. The quantitative estimate of drug-likeness (QED) is 0.645. The molecular formula is C17H19NO6. The van der Waals surface area contributed by atoms with Crippen LogP contribution in [0.1, 0.15) is 53.2 Å². The van der Waals surface area contributed by atoms with Gasteiger partial charge in [0.2, 0.25) is 0 Å². The zero-order valence-corrected chi connectivity index (χ0v) is 13.4. The van der Waals surface area contributed by atoms with E-state index in [4.69, 9.17) is 0 Å². The number of hydrogen-bond donors (Lipinski definition) is 4. The van der Waals surface area contributed by atoms with Crippen LogP contribution in [0.25, 0.3) is 0 Å². The van der Waals surface area contributed by atoms with Crippen molar-refractivity contribution in [1.82, 2.24) is 4.57 Å². The summed E-state index contributed by atoms with van der Waals surface area (Å²) in [5.74, 6) is -4.92. The Labute approximate surface area is 138 Å². The highest BCUT2D eigenvalue weighted by Gasteiger charge is 2.41. The van der Waals surface area contributed by atoms with Crippen molar-refractivity contribution in [3.05, 3.63) is 47.3 Å². The first-order valence-electron chi connectivity index (χ1n) is 7.51. The fourth-order valence-electron chi connectivity index (χ4n) is 3.22. The van der Waals surface area contributed by atoms with Gasteiger partial charge in [0.05, 0.1) is 5.54 Å². The largest absolute Gasteiger partial charge is 0.503 e. The average molecular weight is 333 g/mol. The average Bonchev–Trinajstić information content (AvgIpc) is 2.83. The van der Waals surface area contributed by atoms with E-state index in [-0.39, 0.29) is 0 Å². The predicted octanol–water partition coefficient (Wildman–Crippen LogP) is 2.86. The van der Waals surface area contributed by atoms with E-state index in [1.54, 1.807) is 44.2 Å². The second-order valence-corrected chi connectivity index (χ2v) is 5.44. The molecule has 7 nitrogen and oxygen atoms in total. The van der Waals surface area contributed by atoms with Crippen LogP contribution < -0.4 is 0 Å². The molecular weight excluding hydrogens is 314 g/mol. The van der Waals surface area contributed by atoms with Gasteiger partial charge in [-0.2, -0.15) is 0 Å². The number of carboxylic acid groups (broad SMARTS) is 2. The molecule has 0 atom stereocenters. The van der Waals surface area contributed by atoms with Crippen molar-refractivity contribution >= 4 is 11.9 Å². The summed E-state index contributed by atoms with van der Waals surface area (Å²) in [7, 11) is 0. The molecule has 0 aliphatic heterocycles. The number of carbonyl (C=O) groups is 2. The summed E-state index contributed by atoms with van der Waals surface area (Å²) in [6.45, 7) is 3.59. The summed E-state index contributed by atoms with van der Waals surface area (Å²) in [6.07, 6.45) is 0.725. The van der Waals surface area contributed by atoms with Crippen LogP contribution in [0.15, 0.2) is 30.3 Å². The van der Waals surface area contributed by atoms with Crippen molar-refractivity contribution < 1.29 is 30.0 Å². The molecule has 2 aromatic rings. The Morgan fingerprint density at radius 1 is 0.917 bits per heavy atom. The molecule has 1 heterocycles. The maximum Gasteiger partial charge on any atom is 0.356 e. The SMILES string of the molecule is CCC(CC)(c1ccccc1)n1c(C(=O)O)c(O)c(O)c1C(=O)O. The normalized spacial score (nSPS) is 11.4. The number of aromatic carboxylic acids is 2. The summed E-state index contributed by atoms with van der Waals surface area (Å²) in [6, 6.07) is 8.84. The minimum Gasteiger partial charge on any atom is -0.503 e. The summed E-state index contributed by atoms with van der Waals surface area (Å²) in [4.78, 5) is 23.3. The Hall–Kier alpha value is -2.96. The molecule has 2 rings (SSSR count). The highest BCUT2D eigenvalue weighted by atomic mass is 16.4. The minimum absolute atomic E-state index is 0.363. The molecule has 24 heavy (non-hydrogen) atoms. The highest BCUT2D eigenvalue weighted by molar-refractivity contribution is 5.98. The van der Waals surface area contributed by atoms with Gasteiger partial charge in [0, 0.05) is 0 Å². The van der Waals surface area contributed by atoms with E-state index in [9.17, 15) is 30.0 Å². The molecule has 0 amide bonds. The molecule has 0 saturated carbocycles. The lowest BCUT2D eigenvalue weighted by molar-refractivity contribution is 0.0658. The van der Waals surface area contributed by atoms with Crippen molar-refractivity contribution in [2.24, 2.45) is 0 Å². The van der Waals surface area contributed by atoms with Gasteiger partial charge in [0.15, 0.2) is 22.9 Å². The zero-order valence-electron chi connectivity index (χ0n) is 13.4. The Morgan fingerprint density at radius 2 is 1.33 bits per heavy atom. The van der Waals surface area contributed by atoms with Crippen LogP contribution in [-0.2, 0) is 5.54 Å². The fourth-order valence-corrected chi connectivity index (χ4v) is 3.22.